The van der Waals surface area contributed by atoms with Crippen molar-refractivity contribution in [3.8, 4) is 0 Å². The van der Waals surface area contributed by atoms with Gasteiger partial charge in [0.25, 0.3) is 5.56 Å². The topological polar surface area (TPSA) is 50.7 Å². The van der Waals surface area contributed by atoms with Crippen molar-refractivity contribution in [3.63, 3.8) is 0 Å². The fourth-order valence-electron chi connectivity index (χ4n) is 2.20. The zero-order valence-corrected chi connectivity index (χ0v) is 9.44. The summed E-state index contributed by atoms with van der Waals surface area (Å²) in [6.07, 6.45) is 0. The molecule has 4 nitrogen and oxygen atoms in total. The van der Waals surface area contributed by atoms with E-state index in [0.717, 1.165) is 33.8 Å². The maximum absolute atomic E-state index is 11.8. The average molecular weight is 221 g/mol. The quantitative estimate of drug-likeness (QED) is 0.730. The number of nitrogens with zero attached hydrogens (tertiary/aromatic N) is 2. The van der Waals surface area contributed by atoms with E-state index in [4.69, 9.17) is 0 Å². The first-order valence-electron chi connectivity index (χ1n) is 4.83. The molecule has 5 heteroatoms. The van der Waals surface area contributed by atoms with Gasteiger partial charge in [-0.1, -0.05) is 0 Å². The summed E-state index contributed by atoms with van der Waals surface area (Å²) in [5, 5.41) is 5.48. The second kappa shape index (κ2) is 2.88. The summed E-state index contributed by atoms with van der Waals surface area (Å²) in [7, 11) is 1.86. The van der Waals surface area contributed by atoms with Crippen molar-refractivity contribution < 1.29 is 0 Å². The normalized spacial score (nSPS) is 14.8. The number of fused-ring (bicyclic) bond motifs is 3. The Kier molecular flexibility index (Phi) is 1.74. The summed E-state index contributed by atoms with van der Waals surface area (Å²) >= 11 is 1.79. The molecule has 0 spiro atoms. The number of nitrogens with one attached hydrogen (secondary N) is 1. The van der Waals surface area contributed by atoms with Crippen molar-refractivity contribution in [3.05, 3.63) is 27.2 Å². The van der Waals surface area contributed by atoms with Gasteiger partial charge in [-0.05, 0) is 12.5 Å². The highest BCUT2D eigenvalue weighted by Crippen LogP contribution is 2.33. The molecule has 3 heterocycles. The Morgan fingerprint density at radius 1 is 1.40 bits per heavy atom. The number of aromatic amines is 1. The van der Waals surface area contributed by atoms with Crippen LogP contribution < -0.4 is 5.56 Å². The van der Waals surface area contributed by atoms with Gasteiger partial charge in [-0.25, -0.2) is 0 Å². The lowest BCUT2D eigenvalue weighted by Crippen LogP contribution is -2.13. The summed E-state index contributed by atoms with van der Waals surface area (Å²) in [5.41, 5.74) is 4.01. The first kappa shape index (κ1) is 9.03. The van der Waals surface area contributed by atoms with Gasteiger partial charge in [0.1, 0.15) is 5.65 Å². The Labute approximate surface area is 90.7 Å². The Morgan fingerprint density at radius 3 is 2.93 bits per heavy atom. The van der Waals surface area contributed by atoms with Gasteiger partial charge in [-0.15, -0.1) is 0 Å². The average Bonchev–Trinajstić information content (AvgIpc) is 2.73. The minimum Gasteiger partial charge on any atom is -0.307 e. The molecule has 1 aliphatic rings. The SMILES string of the molecule is Cc1nn(C)c2[nH]c(=O)c3c(c12)CSC3. The second-order valence-electron chi connectivity index (χ2n) is 3.84. The van der Waals surface area contributed by atoms with E-state index in [9.17, 15) is 4.79 Å². The van der Waals surface area contributed by atoms with E-state index in [0.29, 0.717) is 0 Å². The standard InChI is InChI=1S/C10H11N3OS/c1-5-8-6-3-15-4-7(6)10(14)11-9(8)13(2)12-5/h3-4H2,1-2H3,(H,11,14). The zero-order valence-electron chi connectivity index (χ0n) is 8.63. The summed E-state index contributed by atoms with van der Waals surface area (Å²) in [4.78, 5) is 14.7. The third-order valence-electron chi connectivity index (χ3n) is 2.89. The molecule has 2 aromatic rings. The molecule has 2 aromatic heterocycles. The number of thioether (sulfide) groups is 1. The van der Waals surface area contributed by atoms with E-state index in [1.807, 2.05) is 14.0 Å². The van der Waals surface area contributed by atoms with Crippen LogP contribution in [-0.2, 0) is 18.6 Å². The fourth-order valence-corrected chi connectivity index (χ4v) is 3.34. The highest BCUT2D eigenvalue weighted by Gasteiger charge is 2.21. The molecular formula is C10H11N3OS. The third-order valence-corrected chi connectivity index (χ3v) is 3.87. The first-order valence-corrected chi connectivity index (χ1v) is 5.99. The Balaban J connectivity index is 2.57. The predicted octanol–water partition coefficient (Wildman–Crippen LogP) is 1.32. The lowest BCUT2D eigenvalue weighted by atomic mass is 10.1. The Morgan fingerprint density at radius 2 is 2.13 bits per heavy atom. The van der Waals surface area contributed by atoms with Crippen molar-refractivity contribution in [1.29, 1.82) is 0 Å². The summed E-state index contributed by atoms with van der Waals surface area (Å²) < 4.78 is 1.75. The van der Waals surface area contributed by atoms with Crippen LogP contribution in [0, 0.1) is 6.92 Å². The number of hydrogen-bond donors (Lipinski definition) is 1. The van der Waals surface area contributed by atoms with Gasteiger partial charge in [-0.3, -0.25) is 9.48 Å². The van der Waals surface area contributed by atoms with Crippen LogP contribution in [0.5, 0.6) is 0 Å². The van der Waals surface area contributed by atoms with Crippen molar-refractivity contribution in [2.75, 3.05) is 0 Å². The van der Waals surface area contributed by atoms with Gasteiger partial charge < -0.3 is 4.98 Å². The molecular weight excluding hydrogens is 210 g/mol. The first-order chi connectivity index (χ1) is 7.18. The molecule has 0 atom stereocenters. The monoisotopic (exact) mass is 221 g/mol. The van der Waals surface area contributed by atoms with E-state index >= 15 is 0 Å². The van der Waals surface area contributed by atoms with E-state index in [1.54, 1.807) is 16.4 Å². The zero-order chi connectivity index (χ0) is 10.6. The molecule has 3 rings (SSSR count). The number of rotatable bonds is 0. The van der Waals surface area contributed by atoms with Crippen molar-refractivity contribution in [1.82, 2.24) is 14.8 Å². The van der Waals surface area contributed by atoms with Crippen LogP contribution in [0.2, 0.25) is 0 Å². The van der Waals surface area contributed by atoms with Crippen molar-refractivity contribution in [2.45, 2.75) is 18.4 Å². The van der Waals surface area contributed by atoms with Gasteiger partial charge in [0.2, 0.25) is 0 Å². The summed E-state index contributed by atoms with van der Waals surface area (Å²) in [6, 6.07) is 0. The molecule has 0 saturated heterocycles. The molecule has 15 heavy (non-hydrogen) atoms. The van der Waals surface area contributed by atoms with Crippen LogP contribution in [0.15, 0.2) is 4.79 Å². The smallest absolute Gasteiger partial charge is 0.253 e. The summed E-state index contributed by atoms with van der Waals surface area (Å²) in [5.74, 6) is 1.76. The van der Waals surface area contributed by atoms with Gasteiger partial charge in [0.05, 0.1) is 5.69 Å². The number of H-pyrrole nitrogens is 1. The molecule has 0 fully saturated rings. The largest absolute Gasteiger partial charge is 0.307 e. The molecule has 0 bridgehead atoms. The maximum Gasteiger partial charge on any atom is 0.253 e. The van der Waals surface area contributed by atoms with Crippen LogP contribution in [-0.4, -0.2) is 14.8 Å². The van der Waals surface area contributed by atoms with Crippen molar-refractivity contribution in [2.24, 2.45) is 7.05 Å². The molecule has 1 N–H and O–H groups in total. The number of aryl methyl sites for hydroxylation is 2. The predicted molar refractivity (Wildman–Crippen MR) is 61.1 cm³/mol. The highest BCUT2D eigenvalue weighted by molar-refractivity contribution is 7.98. The van der Waals surface area contributed by atoms with Crippen LogP contribution >= 0.6 is 11.8 Å². The van der Waals surface area contributed by atoms with Crippen LogP contribution in [0.25, 0.3) is 11.0 Å². The fraction of sp³-hybridized carbons (Fsp3) is 0.400. The number of hydrogen-bond acceptors (Lipinski definition) is 3. The molecule has 0 radical (unpaired) electrons. The minimum absolute atomic E-state index is 0.0468. The lowest BCUT2D eigenvalue weighted by molar-refractivity contribution is 0.772. The van der Waals surface area contributed by atoms with E-state index in [2.05, 4.69) is 10.1 Å². The van der Waals surface area contributed by atoms with Crippen molar-refractivity contribution >= 4 is 22.8 Å². The molecule has 0 aromatic carbocycles. The molecule has 0 unspecified atom stereocenters. The molecule has 0 saturated carbocycles. The van der Waals surface area contributed by atoms with Crippen LogP contribution in [0.4, 0.5) is 0 Å². The van der Waals surface area contributed by atoms with Gasteiger partial charge in [0, 0.05) is 29.5 Å². The van der Waals surface area contributed by atoms with E-state index in [-0.39, 0.29) is 5.56 Å². The van der Waals surface area contributed by atoms with Crippen LogP contribution in [0.3, 0.4) is 0 Å². The lowest BCUT2D eigenvalue weighted by Gasteiger charge is -2.00. The number of pyridine rings is 1. The van der Waals surface area contributed by atoms with Crippen LogP contribution in [0.1, 0.15) is 16.8 Å². The highest BCUT2D eigenvalue weighted by atomic mass is 32.2. The number of aromatic nitrogens is 3. The molecule has 78 valence electrons. The molecule has 1 aliphatic heterocycles. The maximum atomic E-state index is 11.8. The van der Waals surface area contributed by atoms with Gasteiger partial charge in [-0.2, -0.15) is 16.9 Å². The summed E-state index contributed by atoms with van der Waals surface area (Å²) in [6.45, 7) is 1.99. The van der Waals surface area contributed by atoms with Gasteiger partial charge >= 0.3 is 0 Å². The Hall–Kier alpha value is -1.23. The van der Waals surface area contributed by atoms with E-state index in [1.165, 1.54) is 5.56 Å². The van der Waals surface area contributed by atoms with Gasteiger partial charge in [0.15, 0.2) is 0 Å². The van der Waals surface area contributed by atoms with E-state index < -0.39 is 0 Å². The molecule has 0 aliphatic carbocycles. The Bertz CT molecular complexity index is 611. The molecule has 0 amide bonds. The minimum atomic E-state index is 0.0468. The third kappa shape index (κ3) is 1.10. The second-order valence-corrected chi connectivity index (χ2v) is 4.82.